The Morgan fingerprint density at radius 2 is 2.00 bits per heavy atom. The Balaban J connectivity index is 2.37. The van der Waals surface area contributed by atoms with Gasteiger partial charge in [0.25, 0.3) is 0 Å². The molecule has 0 bridgehead atoms. The van der Waals surface area contributed by atoms with Crippen molar-refractivity contribution in [2.45, 2.75) is 33.7 Å². The van der Waals surface area contributed by atoms with Crippen LogP contribution in [0.25, 0.3) is 11.4 Å². The highest BCUT2D eigenvalue weighted by molar-refractivity contribution is 5.70. The maximum atomic E-state index is 5.97. The second kappa shape index (κ2) is 4.76. The van der Waals surface area contributed by atoms with Crippen molar-refractivity contribution in [1.29, 1.82) is 0 Å². The van der Waals surface area contributed by atoms with Gasteiger partial charge in [-0.05, 0) is 34.4 Å². The average molecular weight is 245 g/mol. The van der Waals surface area contributed by atoms with E-state index in [0.717, 1.165) is 24.4 Å². The molecular formula is C13H19N5. The second-order valence-corrected chi connectivity index (χ2v) is 5.27. The first-order valence-electron chi connectivity index (χ1n) is 6.14. The van der Waals surface area contributed by atoms with Crippen LogP contribution in [0.15, 0.2) is 24.3 Å². The van der Waals surface area contributed by atoms with E-state index in [0.29, 0.717) is 5.69 Å². The van der Waals surface area contributed by atoms with Gasteiger partial charge in [-0.3, -0.25) is 0 Å². The minimum atomic E-state index is 0.160. The molecule has 96 valence electrons. The Hall–Kier alpha value is -1.91. The molecular weight excluding hydrogens is 226 g/mol. The van der Waals surface area contributed by atoms with E-state index in [4.69, 9.17) is 5.73 Å². The molecule has 0 atom stereocenters. The van der Waals surface area contributed by atoms with E-state index in [2.05, 4.69) is 36.3 Å². The molecule has 1 aromatic carbocycles. The van der Waals surface area contributed by atoms with Crippen molar-refractivity contribution in [2.75, 3.05) is 5.73 Å². The molecule has 2 rings (SSSR count). The van der Waals surface area contributed by atoms with Crippen molar-refractivity contribution in [2.24, 2.45) is 5.41 Å². The van der Waals surface area contributed by atoms with Crippen LogP contribution >= 0.6 is 0 Å². The Bertz CT molecular complexity index is 530. The van der Waals surface area contributed by atoms with E-state index in [1.165, 1.54) is 0 Å². The topological polar surface area (TPSA) is 69.6 Å². The van der Waals surface area contributed by atoms with E-state index < -0.39 is 0 Å². The van der Waals surface area contributed by atoms with Gasteiger partial charge in [0.2, 0.25) is 0 Å². The SMILES string of the molecule is CCC(C)(C)Cn1nnnc1-c1ccccc1N. The summed E-state index contributed by atoms with van der Waals surface area (Å²) in [4.78, 5) is 0. The number of benzene rings is 1. The summed E-state index contributed by atoms with van der Waals surface area (Å²) in [6, 6.07) is 7.65. The lowest BCUT2D eigenvalue weighted by atomic mass is 9.90. The third kappa shape index (κ3) is 2.50. The van der Waals surface area contributed by atoms with E-state index in [9.17, 15) is 0 Å². The third-order valence-corrected chi connectivity index (χ3v) is 3.27. The van der Waals surface area contributed by atoms with Gasteiger partial charge in [-0.1, -0.05) is 32.9 Å². The Kier molecular flexibility index (Phi) is 3.32. The van der Waals surface area contributed by atoms with Crippen molar-refractivity contribution in [3.8, 4) is 11.4 Å². The van der Waals surface area contributed by atoms with Crippen LogP contribution in [0.1, 0.15) is 27.2 Å². The van der Waals surface area contributed by atoms with Crippen molar-refractivity contribution < 1.29 is 0 Å². The molecule has 1 heterocycles. The largest absolute Gasteiger partial charge is 0.398 e. The Morgan fingerprint density at radius 1 is 1.28 bits per heavy atom. The maximum absolute atomic E-state index is 5.97. The van der Waals surface area contributed by atoms with Crippen molar-refractivity contribution in [3.05, 3.63) is 24.3 Å². The highest BCUT2D eigenvalue weighted by atomic mass is 15.5. The minimum Gasteiger partial charge on any atom is -0.398 e. The number of aromatic nitrogens is 4. The number of nitrogen functional groups attached to an aromatic ring is 1. The molecule has 0 unspecified atom stereocenters. The first-order valence-corrected chi connectivity index (χ1v) is 6.14. The van der Waals surface area contributed by atoms with Crippen molar-refractivity contribution >= 4 is 5.69 Å². The molecule has 0 saturated carbocycles. The smallest absolute Gasteiger partial charge is 0.184 e. The van der Waals surface area contributed by atoms with Gasteiger partial charge in [0.1, 0.15) is 0 Å². The minimum absolute atomic E-state index is 0.160. The van der Waals surface area contributed by atoms with Crippen molar-refractivity contribution in [1.82, 2.24) is 20.2 Å². The van der Waals surface area contributed by atoms with Crippen LogP contribution in [0, 0.1) is 5.41 Å². The van der Waals surface area contributed by atoms with Crippen LogP contribution < -0.4 is 5.73 Å². The van der Waals surface area contributed by atoms with Gasteiger partial charge in [-0.25, -0.2) is 4.68 Å². The molecule has 0 spiro atoms. The van der Waals surface area contributed by atoms with Crippen LogP contribution in [-0.2, 0) is 6.54 Å². The number of nitrogens with zero attached hydrogens (tertiary/aromatic N) is 4. The van der Waals surface area contributed by atoms with E-state index in [1.807, 2.05) is 28.9 Å². The molecule has 0 radical (unpaired) electrons. The molecule has 0 saturated heterocycles. The number of hydrogen-bond acceptors (Lipinski definition) is 4. The summed E-state index contributed by atoms with van der Waals surface area (Å²) in [5.74, 6) is 0.731. The van der Waals surface area contributed by atoms with Crippen LogP contribution in [0.2, 0.25) is 0 Å². The van der Waals surface area contributed by atoms with Crippen molar-refractivity contribution in [3.63, 3.8) is 0 Å². The predicted molar refractivity (Wildman–Crippen MR) is 71.7 cm³/mol. The van der Waals surface area contributed by atoms with Crippen LogP contribution in [-0.4, -0.2) is 20.2 Å². The number of tetrazole rings is 1. The molecule has 18 heavy (non-hydrogen) atoms. The molecule has 0 aliphatic heterocycles. The summed E-state index contributed by atoms with van der Waals surface area (Å²) >= 11 is 0. The fourth-order valence-electron chi connectivity index (χ4n) is 1.72. The molecule has 5 heteroatoms. The zero-order chi connectivity index (χ0) is 13.2. The molecule has 0 aliphatic rings. The van der Waals surface area contributed by atoms with Gasteiger partial charge in [-0.2, -0.15) is 0 Å². The fourth-order valence-corrected chi connectivity index (χ4v) is 1.72. The summed E-state index contributed by atoms with van der Waals surface area (Å²) in [5, 5.41) is 11.9. The van der Waals surface area contributed by atoms with Gasteiger partial charge in [0.15, 0.2) is 5.82 Å². The summed E-state index contributed by atoms with van der Waals surface area (Å²) in [6.07, 6.45) is 1.07. The van der Waals surface area contributed by atoms with Crippen LogP contribution in [0.4, 0.5) is 5.69 Å². The average Bonchev–Trinajstić information content (AvgIpc) is 2.77. The van der Waals surface area contributed by atoms with Gasteiger partial charge < -0.3 is 5.73 Å². The zero-order valence-corrected chi connectivity index (χ0v) is 11.1. The quantitative estimate of drug-likeness (QED) is 0.839. The zero-order valence-electron chi connectivity index (χ0n) is 11.1. The first kappa shape index (κ1) is 12.5. The summed E-state index contributed by atoms with van der Waals surface area (Å²) in [6.45, 7) is 7.35. The molecule has 5 nitrogen and oxygen atoms in total. The summed E-state index contributed by atoms with van der Waals surface area (Å²) < 4.78 is 1.83. The number of para-hydroxylation sites is 1. The first-order chi connectivity index (χ1) is 8.53. The predicted octanol–water partition coefficient (Wildman–Crippen LogP) is 2.36. The summed E-state index contributed by atoms with van der Waals surface area (Å²) in [5.41, 5.74) is 7.71. The lowest BCUT2D eigenvalue weighted by Crippen LogP contribution is -2.20. The highest BCUT2D eigenvalue weighted by Crippen LogP contribution is 2.27. The summed E-state index contributed by atoms with van der Waals surface area (Å²) in [7, 11) is 0. The molecule has 0 fully saturated rings. The fraction of sp³-hybridized carbons (Fsp3) is 0.462. The number of anilines is 1. The lowest BCUT2D eigenvalue weighted by molar-refractivity contribution is 0.279. The molecule has 2 aromatic rings. The molecule has 0 aliphatic carbocycles. The third-order valence-electron chi connectivity index (χ3n) is 3.27. The molecule has 2 N–H and O–H groups in total. The second-order valence-electron chi connectivity index (χ2n) is 5.27. The number of nitrogens with two attached hydrogens (primary N) is 1. The Morgan fingerprint density at radius 3 is 2.67 bits per heavy atom. The number of hydrogen-bond donors (Lipinski definition) is 1. The van der Waals surface area contributed by atoms with Gasteiger partial charge in [0, 0.05) is 11.3 Å². The highest BCUT2D eigenvalue weighted by Gasteiger charge is 2.20. The number of rotatable bonds is 4. The lowest BCUT2D eigenvalue weighted by Gasteiger charge is -2.22. The van der Waals surface area contributed by atoms with E-state index in [1.54, 1.807) is 0 Å². The standard InChI is InChI=1S/C13H19N5/c1-4-13(2,3)9-18-12(15-16-17-18)10-7-5-6-8-11(10)14/h5-8H,4,9,14H2,1-3H3. The molecule has 0 amide bonds. The maximum Gasteiger partial charge on any atom is 0.184 e. The normalized spacial score (nSPS) is 11.7. The van der Waals surface area contributed by atoms with Gasteiger partial charge in [0.05, 0.1) is 6.54 Å². The van der Waals surface area contributed by atoms with Gasteiger partial charge >= 0.3 is 0 Å². The molecule has 1 aromatic heterocycles. The monoisotopic (exact) mass is 245 g/mol. The van der Waals surface area contributed by atoms with Gasteiger partial charge in [-0.15, -0.1) is 5.10 Å². The van der Waals surface area contributed by atoms with E-state index in [-0.39, 0.29) is 5.41 Å². The van der Waals surface area contributed by atoms with Crippen LogP contribution in [0.5, 0.6) is 0 Å². The Labute approximate surface area is 107 Å². The van der Waals surface area contributed by atoms with Crippen LogP contribution in [0.3, 0.4) is 0 Å². The van der Waals surface area contributed by atoms with E-state index >= 15 is 0 Å².